The zero-order valence-electron chi connectivity index (χ0n) is 12.2. The Kier molecular flexibility index (Phi) is 4.25. The monoisotopic (exact) mass is 290 g/mol. The van der Waals surface area contributed by atoms with Crippen molar-refractivity contribution in [3.63, 3.8) is 0 Å². The number of nitrogens with two attached hydrogens (primary N) is 1. The van der Waals surface area contributed by atoms with Crippen molar-refractivity contribution in [2.45, 2.75) is 6.54 Å². The Morgan fingerprint density at radius 3 is 2.09 bits per heavy atom. The van der Waals surface area contributed by atoms with Gasteiger partial charge in [-0.25, -0.2) is 0 Å². The third-order valence-corrected chi connectivity index (χ3v) is 3.35. The van der Waals surface area contributed by atoms with E-state index in [0.717, 1.165) is 29.4 Å². The molecule has 0 aliphatic carbocycles. The first-order chi connectivity index (χ1) is 10.8. The van der Waals surface area contributed by atoms with Gasteiger partial charge in [0.15, 0.2) is 0 Å². The van der Waals surface area contributed by atoms with Gasteiger partial charge in [-0.1, -0.05) is 42.5 Å². The second-order valence-corrected chi connectivity index (χ2v) is 5.00. The van der Waals surface area contributed by atoms with Crippen molar-refractivity contribution in [3.05, 3.63) is 84.4 Å². The summed E-state index contributed by atoms with van der Waals surface area (Å²) in [4.78, 5) is 0. The maximum atomic E-state index is 5.91. The summed E-state index contributed by atoms with van der Waals surface area (Å²) in [6.07, 6.45) is 0. The predicted octanol–water partition coefficient (Wildman–Crippen LogP) is 4.67. The second kappa shape index (κ2) is 6.68. The van der Waals surface area contributed by atoms with E-state index in [-0.39, 0.29) is 0 Å². The lowest BCUT2D eigenvalue weighted by Gasteiger charge is -2.10. The van der Waals surface area contributed by atoms with Gasteiger partial charge in [0.05, 0.1) is 11.4 Å². The number of hydrogen-bond acceptors (Lipinski definition) is 3. The molecule has 0 bridgehead atoms. The molecule has 0 fully saturated rings. The van der Waals surface area contributed by atoms with E-state index in [1.807, 2.05) is 78.9 Å². The SMILES string of the molecule is Nc1ccccc1NCc1ccc(Oc2ccccc2)cc1. The van der Waals surface area contributed by atoms with Crippen LogP contribution in [0.25, 0.3) is 0 Å². The summed E-state index contributed by atoms with van der Waals surface area (Å²) in [5.41, 5.74) is 8.79. The van der Waals surface area contributed by atoms with Crippen molar-refractivity contribution in [2.24, 2.45) is 0 Å². The van der Waals surface area contributed by atoms with E-state index in [1.165, 1.54) is 5.56 Å². The van der Waals surface area contributed by atoms with Gasteiger partial charge in [0.2, 0.25) is 0 Å². The number of para-hydroxylation sites is 3. The third-order valence-electron chi connectivity index (χ3n) is 3.35. The highest BCUT2D eigenvalue weighted by Crippen LogP contribution is 2.22. The second-order valence-electron chi connectivity index (χ2n) is 5.00. The molecule has 0 saturated carbocycles. The summed E-state index contributed by atoms with van der Waals surface area (Å²) in [6.45, 7) is 0.722. The number of nitrogen functional groups attached to an aromatic ring is 1. The Hall–Kier alpha value is -2.94. The van der Waals surface area contributed by atoms with Gasteiger partial charge in [0.1, 0.15) is 11.5 Å². The predicted molar refractivity (Wildman–Crippen MR) is 91.1 cm³/mol. The van der Waals surface area contributed by atoms with Gasteiger partial charge in [-0.05, 0) is 42.0 Å². The third kappa shape index (κ3) is 3.58. The van der Waals surface area contributed by atoms with Gasteiger partial charge in [-0.3, -0.25) is 0 Å². The number of benzene rings is 3. The highest BCUT2D eigenvalue weighted by Gasteiger charge is 1.99. The standard InChI is InChI=1S/C19H18N2O/c20-18-8-4-5-9-19(18)21-14-15-10-12-17(13-11-15)22-16-6-2-1-3-7-16/h1-13,21H,14,20H2. The molecule has 0 unspecified atom stereocenters. The largest absolute Gasteiger partial charge is 0.457 e. The van der Waals surface area contributed by atoms with Crippen LogP contribution in [0.1, 0.15) is 5.56 Å². The van der Waals surface area contributed by atoms with E-state index in [1.54, 1.807) is 0 Å². The number of hydrogen-bond donors (Lipinski definition) is 2. The summed E-state index contributed by atoms with van der Waals surface area (Å²) >= 11 is 0. The molecular formula is C19H18N2O. The van der Waals surface area contributed by atoms with Crippen LogP contribution in [0.5, 0.6) is 11.5 Å². The lowest BCUT2D eigenvalue weighted by Crippen LogP contribution is -2.02. The van der Waals surface area contributed by atoms with Crippen LogP contribution in [0, 0.1) is 0 Å². The molecule has 3 nitrogen and oxygen atoms in total. The van der Waals surface area contributed by atoms with E-state index in [2.05, 4.69) is 5.32 Å². The minimum Gasteiger partial charge on any atom is -0.457 e. The fourth-order valence-electron chi connectivity index (χ4n) is 2.16. The highest BCUT2D eigenvalue weighted by molar-refractivity contribution is 5.65. The first-order valence-corrected chi connectivity index (χ1v) is 7.21. The Bertz CT molecular complexity index is 724. The molecule has 0 atom stereocenters. The minimum atomic E-state index is 0.722. The van der Waals surface area contributed by atoms with Crippen LogP contribution < -0.4 is 15.8 Å². The summed E-state index contributed by atoms with van der Waals surface area (Å²) in [5, 5.41) is 3.33. The van der Waals surface area contributed by atoms with Gasteiger partial charge in [-0.2, -0.15) is 0 Å². The zero-order chi connectivity index (χ0) is 15.2. The first-order valence-electron chi connectivity index (χ1n) is 7.21. The number of nitrogens with one attached hydrogen (secondary N) is 1. The minimum absolute atomic E-state index is 0.722. The zero-order valence-corrected chi connectivity index (χ0v) is 12.2. The number of rotatable bonds is 5. The molecule has 0 spiro atoms. The fraction of sp³-hybridized carbons (Fsp3) is 0.0526. The molecule has 0 aliphatic rings. The van der Waals surface area contributed by atoms with E-state index in [4.69, 9.17) is 10.5 Å². The normalized spacial score (nSPS) is 10.2. The summed E-state index contributed by atoms with van der Waals surface area (Å²) in [7, 11) is 0. The van der Waals surface area contributed by atoms with Crippen molar-refractivity contribution in [1.82, 2.24) is 0 Å². The molecule has 22 heavy (non-hydrogen) atoms. The molecule has 3 rings (SSSR count). The van der Waals surface area contributed by atoms with Crippen molar-refractivity contribution in [3.8, 4) is 11.5 Å². The molecule has 0 aromatic heterocycles. The number of anilines is 2. The van der Waals surface area contributed by atoms with Crippen LogP contribution >= 0.6 is 0 Å². The molecule has 3 aromatic carbocycles. The molecular weight excluding hydrogens is 272 g/mol. The maximum Gasteiger partial charge on any atom is 0.127 e. The van der Waals surface area contributed by atoms with E-state index in [0.29, 0.717) is 0 Å². The molecule has 110 valence electrons. The fourth-order valence-corrected chi connectivity index (χ4v) is 2.16. The average Bonchev–Trinajstić information content (AvgIpc) is 2.56. The van der Waals surface area contributed by atoms with Crippen LogP contribution in [0.15, 0.2) is 78.9 Å². The summed E-state index contributed by atoms with van der Waals surface area (Å²) in [6, 6.07) is 25.5. The average molecular weight is 290 g/mol. The van der Waals surface area contributed by atoms with E-state index in [9.17, 15) is 0 Å². The van der Waals surface area contributed by atoms with E-state index >= 15 is 0 Å². The van der Waals surface area contributed by atoms with Crippen LogP contribution in [0.3, 0.4) is 0 Å². The lowest BCUT2D eigenvalue weighted by molar-refractivity contribution is 0.482. The smallest absolute Gasteiger partial charge is 0.127 e. The quantitative estimate of drug-likeness (QED) is 0.671. The Morgan fingerprint density at radius 1 is 0.727 bits per heavy atom. The Morgan fingerprint density at radius 2 is 1.36 bits per heavy atom. The van der Waals surface area contributed by atoms with Gasteiger partial charge >= 0.3 is 0 Å². The molecule has 0 heterocycles. The van der Waals surface area contributed by atoms with Crippen molar-refractivity contribution >= 4 is 11.4 Å². The van der Waals surface area contributed by atoms with Crippen LogP contribution in [0.4, 0.5) is 11.4 Å². The maximum absolute atomic E-state index is 5.91. The molecule has 3 aromatic rings. The summed E-state index contributed by atoms with van der Waals surface area (Å²) in [5.74, 6) is 1.67. The summed E-state index contributed by atoms with van der Waals surface area (Å²) < 4.78 is 5.77. The Labute approximate surface area is 130 Å². The van der Waals surface area contributed by atoms with Crippen LogP contribution in [-0.2, 0) is 6.54 Å². The molecule has 3 heteroatoms. The van der Waals surface area contributed by atoms with Crippen LogP contribution in [0.2, 0.25) is 0 Å². The van der Waals surface area contributed by atoms with Gasteiger partial charge in [0, 0.05) is 6.54 Å². The molecule has 0 saturated heterocycles. The van der Waals surface area contributed by atoms with E-state index < -0.39 is 0 Å². The topological polar surface area (TPSA) is 47.3 Å². The van der Waals surface area contributed by atoms with Crippen molar-refractivity contribution < 1.29 is 4.74 Å². The molecule has 0 aliphatic heterocycles. The lowest BCUT2D eigenvalue weighted by atomic mass is 10.2. The Balaban J connectivity index is 1.61. The highest BCUT2D eigenvalue weighted by atomic mass is 16.5. The van der Waals surface area contributed by atoms with Crippen molar-refractivity contribution in [2.75, 3.05) is 11.1 Å². The molecule has 0 amide bonds. The number of ether oxygens (including phenoxy) is 1. The van der Waals surface area contributed by atoms with Gasteiger partial charge < -0.3 is 15.8 Å². The van der Waals surface area contributed by atoms with Gasteiger partial charge in [-0.15, -0.1) is 0 Å². The molecule has 3 N–H and O–H groups in total. The van der Waals surface area contributed by atoms with Gasteiger partial charge in [0.25, 0.3) is 0 Å². The first kappa shape index (κ1) is 14.0. The van der Waals surface area contributed by atoms with Crippen molar-refractivity contribution in [1.29, 1.82) is 0 Å². The van der Waals surface area contributed by atoms with Crippen LogP contribution in [-0.4, -0.2) is 0 Å². The molecule has 0 radical (unpaired) electrons.